The van der Waals surface area contributed by atoms with E-state index in [1.54, 1.807) is 0 Å². The van der Waals surface area contributed by atoms with Gasteiger partial charge in [-0.2, -0.15) is 0 Å². The largest absolute Gasteiger partial charge is 0.465 e. The number of rotatable bonds is 9. The highest BCUT2D eigenvalue weighted by Crippen LogP contribution is 2.72. The summed E-state index contributed by atoms with van der Waals surface area (Å²) in [4.78, 5) is 50.2. The zero-order valence-electron chi connectivity index (χ0n) is 24.2. The van der Waals surface area contributed by atoms with Crippen molar-refractivity contribution in [3.63, 3.8) is 0 Å². The van der Waals surface area contributed by atoms with E-state index in [-0.39, 0.29) is 43.7 Å². The zero-order valence-corrected chi connectivity index (χ0v) is 24.2. The van der Waals surface area contributed by atoms with Gasteiger partial charge in [-0.25, -0.2) is 0 Å². The Bertz CT molecular complexity index is 1040. The molecule has 218 valence electrons. The van der Waals surface area contributed by atoms with Crippen molar-refractivity contribution in [3.05, 3.63) is 11.6 Å². The number of ether oxygens (including phenoxy) is 6. The molecular weight excluding hydrogens is 508 g/mol. The number of fused-ring (bicyclic) bond motifs is 2. The predicted molar refractivity (Wildman–Crippen MR) is 137 cm³/mol. The molecule has 0 radical (unpaired) electrons. The maximum absolute atomic E-state index is 12.9. The van der Waals surface area contributed by atoms with Crippen molar-refractivity contribution in [1.29, 1.82) is 0 Å². The summed E-state index contributed by atoms with van der Waals surface area (Å²) in [6, 6.07) is 0. The van der Waals surface area contributed by atoms with Crippen molar-refractivity contribution in [1.82, 2.24) is 0 Å². The van der Waals surface area contributed by atoms with Crippen LogP contribution in [0.2, 0.25) is 0 Å². The molecule has 0 aromatic carbocycles. The van der Waals surface area contributed by atoms with Gasteiger partial charge in [0.15, 0.2) is 12.2 Å². The molecular formula is C29H42O10. The molecule has 4 rings (SSSR count). The summed E-state index contributed by atoms with van der Waals surface area (Å²) in [7, 11) is 0. The molecule has 10 nitrogen and oxygen atoms in total. The molecule has 2 heterocycles. The van der Waals surface area contributed by atoms with Crippen LogP contribution in [0.25, 0.3) is 0 Å². The van der Waals surface area contributed by atoms with Crippen molar-refractivity contribution in [2.75, 3.05) is 13.2 Å². The third-order valence-corrected chi connectivity index (χ3v) is 8.82. The fourth-order valence-electron chi connectivity index (χ4n) is 6.89. The standard InChI is InChI=1S/C29H42O10/c1-15(2)9-22(32)37-20-12-28(13-34-18(6)30)21(11-17(20)5)38-26-24(39-23(33)10-16(3)4)25(36-19(7)31)27(28,8)29(26)14-35-29/h11,15-16,20-21,24-26H,9-10,12-14H2,1-8H3/t20-,21+,24+,25+,26+,27+,28+,29+/m0/s1. The van der Waals surface area contributed by atoms with Crippen LogP contribution in [0.1, 0.15) is 74.7 Å². The summed E-state index contributed by atoms with van der Waals surface area (Å²) in [5.41, 5.74) is -2.17. The van der Waals surface area contributed by atoms with E-state index in [0.717, 1.165) is 5.57 Å². The van der Waals surface area contributed by atoms with E-state index >= 15 is 0 Å². The smallest absolute Gasteiger partial charge is 0.306 e. The van der Waals surface area contributed by atoms with Crippen LogP contribution in [0, 0.1) is 22.7 Å². The molecule has 2 saturated heterocycles. The summed E-state index contributed by atoms with van der Waals surface area (Å²) in [6.07, 6.45) is -1.21. The second kappa shape index (κ2) is 10.5. The minimum absolute atomic E-state index is 0.0675. The van der Waals surface area contributed by atoms with E-state index in [0.29, 0.717) is 6.61 Å². The molecule has 3 fully saturated rings. The van der Waals surface area contributed by atoms with Gasteiger partial charge in [0.1, 0.15) is 24.4 Å². The van der Waals surface area contributed by atoms with E-state index in [9.17, 15) is 19.2 Å². The second-order valence-corrected chi connectivity index (χ2v) is 12.6. The fraction of sp³-hybridized carbons (Fsp3) is 0.793. The number of carbonyl (C=O) groups is 4. The Morgan fingerprint density at radius 1 is 0.974 bits per heavy atom. The van der Waals surface area contributed by atoms with Crippen molar-refractivity contribution in [2.45, 2.75) is 111 Å². The summed E-state index contributed by atoms with van der Waals surface area (Å²) < 4.78 is 36.4. The lowest BCUT2D eigenvalue weighted by atomic mass is 9.51. The first-order valence-electron chi connectivity index (χ1n) is 13.8. The molecule has 2 aliphatic heterocycles. The van der Waals surface area contributed by atoms with Gasteiger partial charge in [-0.3, -0.25) is 19.2 Å². The highest BCUT2D eigenvalue weighted by Gasteiger charge is 2.87. The Labute approximate surface area is 230 Å². The highest BCUT2D eigenvalue weighted by molar-refractivity contribution is 5.71. The van der Waals surface area contributed by atoms with Gasteiger partial charge < -0.3 is 28.4 Å². The van der Waals surface area contributed by atoms with Crippen LogP contribution in [-0.2, 0) is 47.6 Å². The summed E-state index contributed by atoms with van der Waals surface area (Å²) in [5.74, 6) is -1.59. The van der Waals surface area contributed by atoms with Crippen LogP contribution in [0.15, 0.2) is 11.6 Å². The first-order chi connectivity index (χ1) is 18.2. The van der Waals surface area contributed by atoms with Gasteiger partial charge >= 0.3 is 23.9 Å². The maximum atomic E-state index is 12.9. The fourth-order valence-corrected chi connectivity index (χ4v) is 6.89. The van der Waals surface area contributed by atoms with Crippen LogP contribution in [-0.4, -0.2) is 73.2 Å². The molecule has 2 bridgehead atoms. The van der Waals surface area contributed by atoms with Crippen molar-refractivity contribution < 1.29 is 47.6 Å². The number of carbonyl (C=O) groups excluding carboxylic acids is 4. The van der Waals surface area contributed by atoms with Crippen LogP contribution < -0.4 is 0 Å². The minimum atomic E-state index is -1.02. The Kier molecular flexibility index (Phi) is 7.95. The molecule has 39 heavy (non-hydrogen) atoms. The van der Waals surface area contributed by atoms with E-state index in [1.165, 1.54) is 13.8 Å². The summed E-state index contributed by atoms with van der Waals surface area (Å²) in [6.45, 7) is 14.3. The quantitative estimate of drug-likeness (QED) is 0.183. The third-order valence-electron chi connectivity index (χ3n) is 8.82. The first kappa shape index (κ1) is 29.5. The number of hydrogen-bond acceptors (Lipinski definition) is 10. The molecule has 0 aromatic heterocycles. The topological polar surface area (TPSA) is 127 Å². The lowest BCUT2D eigenvalue weighted by Crippen LogP contribution is -2.68. The van der Waals surface area contributed by atoms with Crippen molar-refractivity contribution in [2.24, 2.45) is 22.7 Å². The van der Waals surface area contributed by atoms with Crippen LogP contribution in [0.3, 0.4) is 0 Å². The van der Waals surface area contributed by atoms with Gasteiger partial charge in [-0.1, -0.05) is 40.7 Å². The van der Waals surface area contributed by atoms with Gasteiger partial charge in [-0.05, 0) is 24.3 Å². The van der Waals surface area contributed by atoms with E-state index < -0.39 is 64.9 Å². The average Bonchev–Trinajstić information content (AvgIpc) is 3.58. The van der Waals surface area contributed by atoms with E-state index in [1.807, 2.05) is 47.6 Å². The Hall–Kier alpha value is -2.46. The van der Waals surface area contributed by atoms with Crippen LogP contribution >= 0.6 is 0 Å². The molecule has 1 saturated carbocycles. The van der Waals surface area contributed by atoms with Crippen molar-refractivity contribution >= 4 is 23.9 Å². The summed E-state index contributed by atoms with van der Waals surface area (Å²) >= 11 is 0. The minimum Gasteiger partial charge on any atom is -0.465 e. The number of esters is 4. The predicted octanol–water partition coefficient (Wildman–Crippen LogP) is 3.29. The Morgan fingerprint density at radius 3 is 2.08 bits per heavy atom. The molecule has 2 aliphatic carbocycles. The highest BCUT2D eigenvalue weighted by atomic mass is 16.7. The second-order valence-electron chi connectivity index (χ2n) is 12.6. The lowest BCUT2D eigenvalue weighted by molar-refractivity contribution is -0.241. The SMILES string of the molecule is CC(=O)OC[C@]12C[C@H](OC(=O)CC(C)C)C(C)=C[C@H]1O[C@@H]1[C@H](OC(=O)CC(C)C)[C@@H](OC(C)=O)[C@@]2(C)[C@@]12CO2. The number of epoxide rings is 1. The molecule has 10 heteroatoms. The average molecular weight is 551 g/mol. The van der Waals surface area contributed by atoms with Gasteiger partial charge in [0.05, 0.1) is 23.5 Å². The molecule has 1 spiro atoms. The van der Waals surface area contributed by atoms with Crippen molar-refractivity contribution in [3.8, 4) is 0 Å². The zero-order chi connectivity index (χ0) is 28.9. The molecule has 0 unspecified atom stereocenters. The van der Waals surface area contributed by atoms with E-state index in [2.05, 4.69) is 0 Å². The first-order valence-corrected chi connectivity index (χ1v) is 13.8. The Morgan fingerprint density at radius 2 is 1.56 bits per heavy atom. The van der Waals surface area contributed by atoms with Gasteiger partial charge in [-0.15, -0.1) is 0 Å². The molecule has 4 aliphatic rings. The molecule has 0 N–H and O–H groups in total. The van der Waals surface area contributed by atoms with Gasteiger partial charge in [0.25, 0.3) is 0 Å². The van der Waals surface area contributed by atoms with Gasteiger partial charge in [0, 0.05) is 33.1 Å². The molecule has 8 atom stereocenters. The van der Waals surface area contributed by atoms with Crippen LogP contribution in [0.4, 0.5) is 0 Å². The summed E-state index contributed by atoms with van der Waals surface area (Å²) in [5, 5.41) is 0. The van der Waals surface area contributed by atoms with E-state index in [4.69, 9.17) is 28.4 Å². The maximum Gasteiger partial charge on any atom is 0.306 e. The Balaban J connectivity index is 1.81. The molecule has 0 amide bonds. The monoisotopic (exact) mass is 550 g/mol. The normalized spacial score (nSPS) is 38.2. The van der Waals surface area contributed by atoms with Crippen LogP contribution in [0.5, 0.6) is 0 Å². The van der Waals surface area contributed by atoms with Gasteiger partial charge in [0.2, 0.25) is 0 Å². The number of hydrogen-bond donors (Lipinski definition) is 0. The molecule has 0 aromatic rings. The lowest BCUT2D eigenvalue weighted by Gasteiger charge is -2.58. The third kappa shape index (κ3) is 4.99.